The molecule has 0 saturated heterocycles. The second-order valence-corrected chi connectivity index (χ2v) is 6.12. The molecule has 28 heavy (non-hydrogen) atoms. The Morgan fingerprint density at radius 3 is 2.57 bits per heavy atom. The van der Waals surface area contributed by atoms with E-state index in [1.165, 1.54) is 18.3 Å². The summed E-state index contributed by atoms with van der Waals surface area (Å²) in [7, 11) is 0. The van der Waals surface area contributed by atoms with Gasteiger partial charge in [0.2, 0.25) is 0 Å². The van der Waals surface area contributed by atoms with E-state index in [2.05, 4.69) is 15.4 Å². The van der Waals surface area contributed by atoms with Gasteiger partial charge in [-0.1, -0.05) is 31.2 Å². The molecule has 0 atom stereocenters. The number of halogens is 3. The van der Waals surface area contributed by atoms with E-state index < -0.39 is 11.7 Å². The highest BCUT2D eigenvalue weighted by Gasteiger charge is 2.32. The maximum Gasteiger partial charge on any atom is 0.416 e. The minimum atomic E-state index is -4.42. The van der Waals surface area contributed by atoms with Gasteiger partial charge in [-0.3, -0.25) is 4.79 Å². The zero-order valence-corrected chi connectivity index (χ0v) is 15.2. The predicted molar refractivity (Wildman–Crippen MR) is 98.2 cm³/mol. The van der Waals surface area contributed by atoms with Crippen molar-refractivity contribution in [3.63, 3.8) is 0 Å². The summed E-state index contributed by atoms with van der Waals surface area (Å²) in [6, 6.07) is 10.8. The van der Waals surface area contributed by atoms with E-state index in [-0.39, 0.29) is 24.4 Å². The standard InChI is InChI=1S/C20H19F3N4O/c1-2-17-15(13-26-27(17)18-9-5-6-11-24-18)19(28)25-12-10-14-7-3-4-8-16(14)20(21,22)23/h3-9,11,13H,2,10,12H2,1H3,(H,25,28). The number of benzene rings is 1. The summed E-state index contributed by atoms with van der Waals surface area (Å²) in [6.07, 6.45) is -0.700. The molecule has 1 N–H and O–H groups in total. The Labute approximate surface area is 160 Å². The Hall–Kier alpha value is -3.16. The van der Waals surface area contributed by atoms with Gasteiger partial charge in [-0.05, 0) is 36.6 Å². The highest BCUT2D eigenvalue weighted by molar-refractivity contribution is 5.95. The lowest BCUT2D eigenvalue weighted by Gasteiger charge is -2.13. The number of carbonyl (C=O) groups is 1. The molecule has 0 radical (unpaired) electrons. The third-order valence-corrected chi connectivity index (χ3v) is 4.32. The number of aromatic nitrogens is 3. The molecule has 0 fully saturated rings. The maximum absolute atomic E-state index is 13.1. The number of rotatable bonds is 6. The van der Waals surface area contributed by atoms with E-state index in [0.717, 1.165) is 6.07 Å². The summed E-state index contributed by atoms with van der Waals surface area (Å²) in [5.41, 5.74) is 0.542. The Bertz CT molecular complexity index is 952. The van der Waals surface area contributed by atoms with Crippen molar-refractivity contribution in [3.05, 3.63) is 77.2 Å². The summed E-state index contributed by atoms with van der Waals surface area (Å²) in [5, 5.41) is 6.92. The lowest BCUT2D eigenvalue weighted by atomic mass is 10.0. The Kier molecular flexibility index (Phi) is 5.77. The Balaban J connectivity index is 1.71. The Morgan fingerprint density at radius 2 is 1.89 bits per heavy atom. The van der Waals surface area contributed by atoms with Crippen molar-refractivity contribution in [3.8, 4) is 5.82 Å². The Morgan fingerprint density at radius 1 is 1.14 bits per heavy atom. The number of nitrogens with one attached hydrogen (secondary N) is 1. The van der Waals surface area contributed by atoms with Crippen molar-refractivity contribution in [1.29, 1.82) is 0 Å². The topological polar surface area (TPSA) is 59.8 Å². The molecule has 0 aliphatic heterocycles. The van der Waals surface area contributed by atoms with Crippen LogP contribution in [0.1, 0.15) is 34.1 Å². The second-order valence-electron chi connectivity index (χ2n) is 6.12. The van der Waals surface area contributed by atoms with Gasteiger partial charge in [0.1, 0.15) is 0 Å². The summed E-state index contributed by atoms with van der Waals surface area (Å²) in [6.45, 7) is 1.98. The van der Waals surface area contributed by atoms with Crippen LogP contribution in [0.2, 0.25) is 0 Å². The molecular weight excluding hydrogens is 369 g/mol. The predicted octanol–water partition coefficient (Wildman–Crippen LogP) is 3.82. The molecule has 1 amide bonds. The first-order chi connectivity index (χ1) is 13.4. The van der Waals surface area contributed by atoms with Crippen molar-refractivity contribution in [2.75, 3.05) is 6.54 Å². The number of hydrogen-bond acceptors (Lipinski definition) is 3. The van der Waals surface area contributed by atoms with Crippen molar-refractivity contribution in [2.24, 2.45) is 0 Å². The van der Waals surface area contributed by atoms with Gasteiger partial charge in [-0.15, -0.1) is 0 Å². The largest absolute Gasteiger partial charge is 0.416 e. The van der Waals surface area contributed by atoms with Gasteiger partial charge in [-0.25, -0.2) is 9.67 Å². The number of alkyl halides is 3. The fourth-order valence-electron chi connectivity index (χ4n) is 3.00. The first-order valence-electron chi connectivity index (χ1n) is 8.83. The van der Waals surface area contributed by atoms with Crippen molar-refractivity contribution < 1.29 is 18.0 Å². The molecule has 2 aromatic heterocycles. The lowest BCUT2D eigenvalue weighted by Crippen LogP contribution is -2.27. The quantitative estimate of drug-likeness (QED) is 0.698. The van der Waals surface area contributed by atoms with E-state index in [4.69, 9.17) is 0 Å². The van der Waals surface area contributed by atoms with Crippen LogP contribution >= 0.6 is 0 Å². The van der Waals surface area contributed by atoms with Crippen LogP contribution in [0.25, 0.3) is 5.82 Å². The second kappa shape index (κ2) is 8.24. The van der Waals surface area contributed by atoms with Gasteiger partial charge in [0.15, 0.2) is 5.82 Å². The highest BCUT2D eigenvalue weighted by Crippen LogP contribution is 2.31. The lowest BCUT2D eigenvalue weighted by molar-refractivity contribution is -0.138. The van der Waals surface area contributed by atoms with Gasteiger partial charge in [0.25, 0.3) is 5.91 Å². The average Bonchev–Trinajstić information content (AvgIpc) is 3.12. The number of nitrogens with zero attached hydrogens (tertiary/aromatic N) is 3. The van der Waals surface area contributed by atoms with Crippen molar-refractivity contribution >= 4 is 5.91 Å². The van der Waals surface area contributed by atoms with E-state index in [1.807, 2.05) is 13.0 Å². The molecule has 0 unspecified atom stereocenters. The van der Waals surface area contributed by atoms with Crippen LogP contribution in [0, 0.1) is 0 Å². The van der Waals surface area contributed by atoms with Crippen LogP contribution < -0.4 is 5.32 Å². The molecule has 5 nitrogen and oxygen atoms in total. The normalized spacial score (nSPS) is 11.4. The van der Waals surface area contributed by atoms with Gasteiger partial charge in [-0.2, -0.15) is 18.3 Å². The number of carbonyl (C=O) groups excluding carboxylic acids is 1. The number of pyridine rings is 1. The number of amides is 1. The highest BCUT2D eigenvalue weighted by atomic mass is 19.4. The molecule has 2 heterocycles. The zero-order valence-electron chi connectivity index (χ0n) is 15.2. The smallest absolute Gasteiger partial charge is 0.352 e. The van der Waals surface area contributed by atoms with Crippen LogP contribution in [0.4, 0.5) is 13.2 Å². The van der Waals surface area contributed by atoms with E-state index in [0.29, 0.717) is 23.5 Å². The summed E-state index contributed by atoms with van der Waals surface area (Å²) in [5.74, 6) is 0.223. The summed E-state index contributed by atoms with van der Waals surface area (Å²) in [4.78, 5) is 16.8. The minimum absolute atomic E-state index is 0.0806. The van der Waals surface area contributed by atoms with Crippen molar-refractivity contribution in [1.82, 2.24) is 20.1 Å². The fourth-order valence-corrected chi connectivity index (χ4v) is 3.00. The van der Waals surface area contributed by atoms with Crippen LogP contribution in [-0.2, 0) is 19.0 Å². The number of hydrogen-bond donors (Lipinski definition) is 1. The average molecular weight is 388 g/mol. The first-order valence-corrected chi connectivity index (χ1v) is 8.83. The molecule has 8 heteroatoms. The third kappa shape index (κ3) is 4.21. The molecule has 1 aromatic carbocycles. The van der Waals surface area contributed by atoms with Crippen LogP contribution in [0.3, 0.4) is 0 Å². The van der Waals surface area contributed by atoms with E-state index >= 15 is 0 Å². The van der Waals surface area contributed by atoms with Gasteiger partial charge >= 0.3 is 6.18 Å². The fraction of sp³-hybridized carbons (Fsp3) is 0.250. The molecule has 0 aliphatic carbocycles. The molecule has 0 bridgehead atoms. The van der Waals surface area contributed by atoms with Gasteiger partial charge in [0.05, 0.1) is 23.0 Å². The molecule has 3 rings (SSSR count). The van der Waals surface area contributed by atoms with E-state index in [9.17, 15) is 18.0 Å². The molecular formula is C20H19F3N4O. The zero-order chi connectivity index (χ0) is 20.1. The SMILES string of the molecule is CCc1c(C(=O)NCCc2ccccc2C(F)(F)F)cnn1-c1ccccn1. The monoisotopic (exact) mass is 388 g/mol. The van der Waals surface area contributed by atoms with Gasteiger partial charge in [0, 0.05) is 12.7 Å². The van der Waals surface area contributed by atoms with Crippen LogP contribution in [0.15, 0.2) is 54.9 Å². The van der Waals surface area contributed by atoms with Crippen LogP contribution in [-0.4, -0.2) is 27.2 Å². The van der Waals surface area contributed by atoms with E-state index in [1.54, 1.807) is 29.1 Å². The molecule has 0 spiro atoms. The summed E-state index contributed by atoms with van der Waals surface area (Å²) >= 11 is 0. The van der Waals surface area contributed by atoms with Crippen molar-refractivity contribution in [2.45, 2.75) is 25.9 Å². The molecule has 146 valence electrons. The maximum atomic E-state index is 13.1. The minimum Gasteiger partial charge on any atom is -0.352 e. The van der Waals surface area contributed by atoms with Gasteiger partial charge < -0.3 is 5.32 Å². The first kappa shape index (κ1) is 19.6. The molecule has 0 aliphatic rings. The molecule has 3 aromatic rings. The summed E-state index contributed by atoms with van der Waals surface area (Å²) < 4.78 is 40.8. The van der Waals surface area contributed by atoms with Crippen LogP contribution in [0.5, 0.6) is 0 Å². The third-order valence-electron chi connectivity index (χ3n) is 4.32. The molecule has 0 saturated carbocycles.